The smallest absolute Gasteiger partial charge is 0.239 e. The molecule has 1 N–H and O–H groups in total. The topological polar surface area (TPSA) is 41.6 Å². The summed E-state index contributed by atoms with van der Waals surface area (Å²) in [6, 6.07) is 0.0579. The summed E-state index contributed by atoms with van der Waals surface area (Å²) in [6.45, 7) is 6.50. The van der Waals surface area contributed by atoms with Crippen molar-refractivity contribution in [3.63, 3.8) is 0 Å². The van der Waals surface area contributed by atoms with Gasteiger partial charge in [0.05, 0.1) is 18.2 Å². The van der Waals surface area contributed by atoms with Crippen LogP contribution in [0.1, 0.15) is 26.7 Å². The molecule has 2 rings (SSSR count). The van der Waals surface area contributed by atoms with Gasteiger partial charge in [-0.15, -0.1) is 0 Å². The maximum atomic E-state index is 12.1. The first-order valence-electron chi connectivity index (χ1n) is 5.84. The maximum absolute atomic E-state index is 12.1. The number of hydrogen-bond acceptors (Lipinski definition) is 3. The Labute approximate surface area is 91.0 Å². The van der Waals surface area contributed by atoms with Crippen LogP contribution < -0.4 is 5.32 Å². The number of carbonyl (C=O) groups excluding carboxylic acids is 1. The fraction of sp³-hybridized carbons (Fsp3) is 0.909. The number of hydrogen-bond donors (Lipinski definition) is 1. The zero-order valence-corrected chi connectivity index (χ0v) is 9.53. The van der Waals surface area contributed by atoms with Gasteiger partial charge in [-0.2, -0.15) is 0 Å². The molecule has 0 radical (unpaired) electrons. The van der Waals surface area contributed by atoms with Crippen LogP contribution in [-0.4, -0.2) is 48.7 Å². The largest absolute Gasteiger partial charge is 0.372 e. The molecule has 15 heavy (non-hydrogen) atoms. The number of ether oxygens (including phenoxy) is 1. The maximum Gasteiger partial charge on any atom is 0.239 e. The molecule has 0 bridgehead atoms. The number of nitrogens with zero attached hydrogens (tertiary/aromatic N) is 1. The SMILES string of the molecule is C[C@@H]1CN(C(=O)C2CCCN2)C[C@H](C)O1. The van der Waals surface area contributed by atoms with Crippen LogP contribution in [0.25, 0.3) is 0 Å². The van der Waals surface area contributed by atoms with E-state index in [9.17, 15) is 4.79 Å². The molecule has 0 aromatic heterocycles. The Bertz CT molecular complexity index is 229. The lowest BCUT2D eigenvalue weighted by molar-refractivity contribution is -0.145. The Morgan fingerprint density at radius 2 is 2.00 bits per heavy atom. The molecule has 4 heteroatoms. The summed E-state index contributed by atoms with van der Waals surface area (Å²) in [6.07, 6.45) is 2.43. The second-order valence-electron chi connectivity index (χ2n) is 4.65. The Morgan fingerprint density at radius 1 is 1.33 bits per heavy atom. The minimum atomic E-state index is 0.0579. The molecule has 3 atom stereocenters. The third-order valence-corrected chi connectivity index (χ3v) is 3.09. The third kappa shape index (κ3) is 2.49. The van der Waals surface area contributed by atoms with Gasteiger partial charge < -0.3 is 15.0 Å². The van der Waals surface area contributed by atoms with E-state index in [0.29, 0.717) is 0 Å². The second kappa shape index (κ2) is 4.49. The number of amides is 1. The van der Waals surface area contributed by atoms with Gasteiger partial charge in [0.1, 0.15) is 0 Å². The van der Waals surface area contributed by atoms with Gasteiger partial charge in [0, 0.05) is 13.1 Å². The van der Waals surface area contributed by atoms with Crippen LogP contribution in [0.4, 0.5) is 0 Å². The first kappa shape index (κ1) is 10.9. The molecule has 2 fully saturated rings. The molecule has 86 valence electrons. The van der Waals surface area contributed by atoms with Gasteiger partial charge in [0.15, 0.2) is 0 Å². The van der Waals surface area contributed by atoms with E-state index in [0.717, 1.165) is 32.5 Å². The van der Waals surface area contributed by atoms with Crippen LogP contribution in [0.5, 0.6) is 0 Å². The van der Waals surface area contributed by atoms with Crippen molar-refractivity contribution in [3.8, 4) is 0 Å². The van der Waals surface area contributed by atoms with E-state index in [1.54, 1.807) is 0 Å². The second-order valence-corrected chi connectivity index (χ2v) is 4.65. The van der Waals surface area contributed by atoms with E-state index >= 15 is 0 Å². The van der Waals surface area contributed by atoms with Gasteiger partial charge in [-0.1, -0.05) is 0 Å². The van der Waals surface area contributed by atoms with Crippen molar-refractivity contribution in [3.05, 3.63) is 0 Å². The zero-order chi connectivity index (χ0) is 10.8. The van der Waals surface area contributed by atoms with E-state index in [1.807, 2.05) is 18.7 Å². The monoisotopic (exact) mass is 212 g/mol. The first-order chi connectivity index (χ1) is 7.16. The number of morpholine rings is 1. The normalized spacial score (nSPS) is 36.9. The summed E-state index contributed by atoms with van der Waals surface area (Å²) in [5, 5.41) is 3.25. The average molecular weight is 212 g/mol. The lowest BCUT2D eigenvalue weighted by Gasteiger charge is -2.36. The van der Waals surface area contributed by atoms with Gasteiger partial charge in [-0.25, -0.2) is 0 Å². The summed E-state index contributed by atoms with van der Waals surface area (Å²) in [5.74, 6) is 0.259. The van der Waals surface area contributed by atoms with Crippen LogP contribution in [0, 0.1) is 0 Å². The Morgan fingerprint density at radius 3 is 2.53 bits per heavy atom. The van der Waals surface area contributed by atoms with E-state index < -0.39 is 0 Å². The zero-order valence-electron chi connectivity index (χ0n) is 9.53. The highest BCUT2D eigenvalue weighted by Gasteiger charge is 2.31. The van der Waals surface area contributed by atoms with Gasteiger partial charge in [0.25, 0.3) is 0 Å². The van der Waals surface area contributed by atoms with Crippen LogP contribution >= 0.6 is 0 Å². The van der Waals surface area contributed by atoms with Gasteiger partial charge in [-0.05, 0) is 33.2 Å². The summed E-state index contributed by atoms with van der Waals surface area (Å²) in [4.78, 5) is 14.0. The Kier molecular flexibility index (Phi) is 3.26. The van der Waals surface area contributed by atoms with Crippen LogP contribution in [-0.2, 0) is 9.53 Å². The first-order valence-corrected chi connectivity index (χ1v) is 5.84. The van der Waals surface area contributed by atoms with Crippen molar-refractivity contribution in [2.45, 2.75) is 44.9 Å². The highest BCUT2D eigenvalue weighted by molar-refractivity contribution is 5.82. The van der Waals surface area contributed by atoms with Crippen molar-refractivity contribution in [2.75, 3.05) is 19.6 Å². The molecule has 2 heterocycles. The molecule has 0 aliphatic carbocycles. The van der Waals surface area contributed by atoms with Crippen molar-refractivity contribution < 1.29 is 9.53 Å². The standard InChI is InChI=1S/C11H20N2O2/c1-8-6-13(7-9(2)15-8)11(14)10-4-3-5-12-10/h8-10,12H,3-7H2,1-2H3/t8-,9+,10?. The predicted molar refractivity (Wildman–Crippen MR) is 57.6 cm³/mol. The van der Waals surface area contributed by atoms with E-state index in [1.165, 1.54) is 0 Å². The lowest BCUT2D eigenvalue weighted by Crippen LogP contribution is -2.53. The molecule has 0 saturated carbocycles. The summed E-state index contributed by atoms with van der Waals surface area (Å²) < 4.78 is 5.61. The Balaban J connectivity index is 1.93. The molecule has 0 aromatic carbocycles. The third-order valence-electron chi connectivity index (χ3n) is 3.09. The van der Waals surface area contributed by atoms with Gasteiger partial charge >= 0.3 is 0 Å². The van der Waals surface area contributed by atoms with Crippen LogP contribution in [0.3, 0.4) is 0 Å². The quantitative estimate of drug-likeness (QED) is 0.683. The minimum Gasteiger partial charge on any atom is -0.372 e. The van der Waals surface area contributed by atoms with Crippen molar-refractivity contribution in [1.29, 1.82) is 0 Å². The van der Waals surface area contributed by atoms with E-state index in [-0.39, 0.29) is 24.2 Å². The Hall–Kier alpha value is -0.610. The molecule has 2 aliphatic heterocycles. The molecule has 0 spiro atoms. The minimum absolute atomic E-state index is 0.0579. The van der Waals surface area contributed by atoms with Crippen molar-refractivity contribution >= 4 is 5.91 Å². The van der Waals surface area contributed by atoms with Gasteiger partial charge in [-0.3, -0.25) is 4.79 Å². The highest BCUT2D eigenvalue weighted by atomic mass is 16.5. The summed E-state index contributed by atoms with van der Waals surface area (Å²) in [7, 11) is 0. The molecule has 0 aromatic rings. The average Bonchev–Trinajstić information content (AvgIpc) is 2.67. The van der Waals surface area contributed by atoms with E-state index in [4.69, 9.17) is 4.74 Å². The lowest BCUT2D eigenvalue weighted by atomic mass is 10.1. The van der Waals surface area contributed by atoms with Crippen LogP contribution in [0.2, 0.25) is 0 Å². The fourth-order valence-electron chi connectivity index (χ4n) is 2.47. The van der Waals surface area contributed by atoms with Crippen molar-refractivity contribution in [1.82, 2.24) is 10.2 Å². The van der Waals surface area contributed by atoms with E-state index in [2.05, 4.69) is 5.32 Å². The molecular weight excluding hydrogens is 192 g/mol. The summed E-state index contributed by atoms with van der Waals surface area (Å²) >= 11 is 0. The predicted octanol–water partition coefficient (Wildman–Crippen LogP) is 0.374. The highest BCUT2D eigenvalue weighted by Crippen LogP contribution is 2.15. The molecule has 4 nitrogen and oxygen atoms in total. The summed E-state index contributed by atoms with van der Waals surface area (Å²) in [5.41, 5.74) is 0. The number of carbonyl (C=O) groups is 1. The molecule has 2 saturated heterocycles. The molecular formula is C11H20N2O2. The molecule has 1 amide bonds. The number of nitrogens with one attached hydrogen (secondary N) is 1. The number of rotatable bonds is 1. The fourth-order valence-corrected chi connectivity index (χ4v) is 2.47. The molecule has 1 unspecified atom stereocenters. The molecule has 2 aliphatic rings. The van der Waals surface area contributed by atoms with Crippen LogP contribution in [0.15, 0.2) is 0 Å². The van der Waals surface area contributed by atoms with Gasteiger partial charge in [0.2, 0.25) is 5.91 Å². The van der Waals surface area contributed by atoms with Crippen molar-refractivity contribution in [2.24, 2.45) is 0 Å².